The number of aliphatic hydroxyl groups is 1. The third-order valence-electron chi connectivity index (χ3n) is 4.53. The van der Waals surface area contributed by atoms with Gasteiger partial charge < -0.3 is 14.9 Å². The molecule has 4 aromatic rings. The number of nitrogens with zero attached hydrogens (tertiary/aromatic N) is 4. The van der Waals surface area contributed by atoms with Gasteiger partial charge in [0.05, 0.1) is 6.20 Å². The second kappa shape index (κ2) is 7.99. The summed E-state index contributed by atoms with van der Waals surface area (Å²) in [5, 5.41) is 15.7. The molecule has 0 aliphatic carbocycles. The van der Waals surface area contributed by atoms with E-state index in [1.807, 2.05) is 13.0 Å². The van der Waals surface area contributed by atoms with E-state index in [1.165, 1.54) is 6.20 Å². The van der Waals surface area contributed by atoms with Gasteiger partial charge in [-0.2, -0.15) is 4.98 Å². The number of alkyl halides is 2. The van der Waals surface area contributed by atoms with E-state index in [1.54, 1.807) is 40.9 Å². The molecule has 154 valence electrons. The molecule has 1 atom stereocenters. The van der Waals surface area contributed by atoms with E-state index in [-0.39, 0.29) is 17.6 Å². The van der Waals surface area contributed by atoms with Gasteiger partial charge in [-0.15, -0.1) is 0 Å². The van der Waals surface area contributed by atoms with Gasteiger partial charge in [-0.25, -0.2) is 13.8 Å². The number of carbonyl (C=O) groups is 1. The summed E-state index contributed by atoms with van der Waals surface area (Å²) >= 11 is 0. The molecule has 0 fully saturated rings. The first-order valence-electron chi connectivity index (χ1n) is 9.05. The highest BCUT2D eigenvalue weighted by atomic mass is 19.3. The SMILES string of the molecule is Cc1ccc(-c2nc(C[C@H](O)C(F)F)no2)cc1NC(=O)c1cnc2ccccn12. The van der Waals surface area contributed by atoms with E-state index >= 15 is 0 Å². The number of halogens is 2. The number of aryl methyl sites for hydroxylation is 1. The van der Waals surface area contributed by atoms with Crippen molar-refractivity contribution in [2.45, 2.75) is 25.9 Å². The number of fused-ring (bicyclic) bond motifs is 1. The zero-order valence-corrected chi connectivity index (χ0v) is 15.8. The molecular formula is C20H17F2N5O3. The van der Waals surface area contributed by atoms with Crippen LogP contribution in [0.1, 0.15) is 21.9 Å². The van der Waals surface area contributed by atoms with Crippen molar-refractivity contribution >= 4 is 17.2 Å². The van der Waals surface area contributed by atoms with Crippen LogP contribution in [0, 0.1) is 6.92 Å². The van der Waals surface area contributed by atoms with Crippen molar-refractivity contribution in [3.63, 3.8) is 0 Å². The van der Waals surface area contributed by atoms with Crippen molar-refractivity contribution in [1.82, 2.24) is 19.5 Å². The third kappa shape index (κ3) is 3.90. The van der Waals surface area contributed by atoms with E-state index in [2.05, 4.69) is 20.4 Å². The fourth-order valence-electron chi connectivity index (χ4n) is 2.91. The van der Waals surface area contributed by atoms with E-state index in [9.17, 15) is 18.7 Å². The number of aromatic nitrogens is 4. The molecule has 3 aromatic heterocycles. The summed E-state index contributed by atoms with van der Waals surface area (Å²) in [6, 6.07) is 10.5. The molecule has 0 bridgehead atoms. The highest BCUT2D eigenvalue weighted by molar-refractivity contribution is 6.04. The van der Waals surface area contributed by atoms with Crippen LogP contribution in [-0.2, 0) is 6.42 Å². The van der Waals surface area contributed by atoms with Gasteiger partial charge in [0.1, 0.15) is 17.4 Å². The molecule has 0 aliphatic rings. The van der Waals surface area contributed by atoms with E-state index in [4.69, 9.17) is 4.52 Å². The van der Waals surface area contributed by atoms with Crippen LogP contribution < -0.4 is 5.32 Å². The monoisotopic (exact) mass is 413 g/mol. The molecule has 0 saturated carbocycles. The van der Waals surface area contributed by atoms with Gasteiger partial charge >= 0.3 is 0 Å². The predicted octanol–water partition coefficient (Wildman–Crippen LogP) is 3.11. The minimum absolute atomic E-state index is 0.0327. The Kier molecular flexibility index (Phi) is 5.23. The quantitative estimate of drug-likeness (QED) is 0.503. The molecule has 1 aromatic carbocycles. The lowest BCUT2D eigenvalue weighted by Crippen LogP contribution is -2.20. The second-order valence-electron chi connectivity index (χ2n) is 6.68. The van der Waals surface area contributed by atoms with E-state index < -0.39 is 19.0 Å². The maximum absolute atomic E-state index is 12.8. The number of rotatable bonds is 6. The molecular weight excluding hydrogens is 396 g/mol. The number of hydrogen-bond acceptors (Lipinski definition) is 6. The van der Waals surface area contributed by atoms with E-state index in [0.29, 0.717) is 22.6 Å². The first kappa shape index (κ1) is 19.6. The Labute approximate surface area is 169 Å². The zero-order valence-electron chi connectivity index (χ0n) is 15.8. The van der Waals surface area contributed by atoms with Crippen molar-refractivity contribution in [1.29, 1.82) is 0 Å². The first-order valence-corrected chi connectivity index (χ1v) is 9.05. The number of anilines is 1. The number of hydrogen-bond donors (Lipinski definition) is 2. The molecule has 4 rings (SSSR count). The summed E-state index contributed by atoms with van der Waals surface area (Å²) in [7, 11) is 0. The van der Waals surface area contributed by atoms with Gasteiger partial charge in [0, 0.05) is 23.9 Å². The molecule has 3 heterocycles. The number of imidazole rings is 1. The highest BCUT2D eigenvalue weighted by Crippen LogP contribution is 2.25. The average Bonchev–Trinajstić information content (AvgIpc) is 3.36. The van der Waals surface area contributed by atoms with E-state index in [0.717, 1.165) is 5.56 Å². The smallest absolute Gasteiger partial charge is 0.274 e. The topological polar surface area (TPSA) is 106 Å². The summed E-state index contributed by atoms with van der Waals surface area (Å²) in [5.74, 6) is -0.285. The third-order valence-corrected chi connectivity index (χ3v) is 4.53. The lowest BCUT2D eigenvalue weighted by molar-refractivity contribution is -0.00495. The Hall–Kier alpha value is -3.66. The number of aliphatic hydroxyl groups excluding tert-OH is 1. The van der Waals surface area contributed by atoms with Crippen molar-refractivity contribution in [3.05, 3.63) is 65.9 Å². The Morgan fingerprint density at radius 2 is 2.13 bits per heavy atom. The fourth-order valence-corrected chi connectivity index (χ4v) is 2.91. The number of pyridine rings is 1. The summed E-state index contributed by atoms with van der Waals surface area (Å²) in [4.78, 5) is 21.0. The Bertz CT molecular complexity index is 1200. The number of carbonyl (C=O) groups excluding carboxylic acids is 1. The number of amides is 1. The molecule has 10 heteroatoms. The largest absolute Gasteiger partial charge is 0.387 e. The molecule has 1 amide bonds. The maximum Gasteiger partial charge on any atom is 0.274 e. The molecule has 0 spiro atoms. The first-order chi connectivity index (χ1) is 14.4. The van der Waals surface area contributed by atoms with Gasteiger partial charge in [0.2, 0.25) is 0 Å². The van der Waals surface area contributed by atoms with Gasteiger partial charge in [0.25, 0.3) is 18.2 Å². The molecule has 0 aliphatic heterocycles. The van der Waals surface area contributed by atoms with Crippen molar-refractivity contribution in [3.8, 4) is 11.5 Å². The molecule has 2 N–H and O–H groups in total. The normalized spacial score (nSPS) is 12.4. The minimum Gasteiger partial charge on any atom is -0.387 e. The lowest BCUT2D eigenvalue weighted by Gasteiger charge is -2.09. The number of nitrogens with one attached hydrogen (secondary N) is 1. The summed E-state index contributed by atoms with van der Waals surface area (Å²) in [6.07, 6.45) is -1.96. The van der Waals surface area contributed by atoms with Crippen molar-refractivity contribution < 1.29 is 23.2 Å². The van der Waals surface area contributed by atoms with Crippen LogP contribution in [0.15, 0.2) is 53.3 Å². The van der Waals surface area contributed by atoms with Crippen LogP contribution in [0.25, 0.3) is 17.1 Å². The van der Waals surface area contributed by atoms with Crippen molar-refractivity contribution in [2.75, 3.05) is 5.32 Å². The fraction of sp³-hybridized carbons (Fsp3) is 0.200. The second-order valence-corrected chi connectivity index (χ2v) is 6.68. The standard InChI is InChI=1S/C20H17F2N5O3/c1-11-5-6-12(20-25-16(26-30-20)9-15(28)18(21)22)8-13(11)24-19(29)14-10-23-17-4-2-3-7-27(14)17/h2-8,10,15,18,28H,9H2,1H3,(H,24,29)/t15-/m0/s1. The van der Waals surface area contributed by atoms with Crippen molar-refractivity contribution in [2.24, 2.45) is 0 Å². The summed E-state index contributed by atoms with van der Waals surface area (Å²) in [6.45, 7) is 1.83. The Balaban J connectivity index is 1.57. The molecule has 0 radical (unpaired) electrons. The van der Waals surface area contributed by atoms with Crippen LogP contribution in [-0.4, -0.2) is 43.1 Å². The lowest BCUT2D eigenvalue weighted by atomic mass is 10.1. The predicted molar refractivity (Wildman–Crippen MR) is 103 cm³/mol. The molecule has 0 saturated heterocycles. The highest BCUT2D eigenvalue weighted by Gasteiger charge is 2.21. The zero-order chi connectivity index (χ0) is 21.3. The number of benzene rings is 1. The van der Waals surface area contributed by atoms with Crippen LogP contribution >= 0.6 is 0 Å². The van der Waals surface area contributed by atoms with Crippen LogP contribution in [0.2, 0.25) is 0 Å². The van der Waals surface area contributed by atoms with Gasteiger partial charge in [-0.1, -0.05) is 17.3 Å². The molecule has 30 heavy (non-hydrogen) atoms. The van der Waals surface area contributed by atoms with Gasteiger partial charge in [0.15, 0.2) is 5.82 Å². The molecule has 8 nitrogen and oxygen atoms in total. The Morgan fingerprint density at radius 3 is 2.93 bits per heavy atom. The average molecular weight is 413 g/mol. The maximum atomic E-state index is 12.8. The van der Waals surface area contributed by atoms with Crippen LogP contribution in [0.4, 0.5) is 14.5 Å². The minimum atomic E-state index is -2.90. The van der Waals surface area contributed by atoms with Crippen LogP contribution in [0.3, 0.4) is 0 Å². The van der Waals surface area contributed by atoms with Crippen LogP contribution in [0.5, 0.6) is 0 Å². The Morgan fingerprint density at radius 1 is 1.30 bits per heavy atom. The van der Waals surface area contributed by atoms with Gasteiger partial charge in [-0.3, -0.25) is 9.20 Å². The summed E-state index contributed by atoms with van der Waals surface area (Å²) < 4.78 is 31.8. The summed E-state index contributed by atoms with van der Waals surface area (Å²) in [5.41, 5.74) is 2.85. The van der Waals surface area contributed by atoms with Gasteiger partial charge in [-0.05, 0) is 36.8 Å². The molecule has 0 unspecified atom stereocenters.